The first kappa shape index (κ1) is 14.6. The molecule has 6 heteroatoms. The number of anilines is 1. The van der Waals surface area contributed by atoms with Gasteiger partial charge in [0.2, 0.25) is 0 Å². The first-order valence-electron chi connectivity index (χ1n) is 7.52. The quantitative estimate of drug-likeness (QED) is 0.854. The lowest BCUT2D eigenvalue weighted by molar-refractivity contribution is 0.0963. The number of carbonyl (C=O) groups is 1. The monoisotopic (exact) mass is 299 g/mol. The Balaban J connectivity index is 1.68. The second kappa shape index (κ2) is 5.79. The standard InChI is InChI=1S/C16H21N5O/c1-12-18-8-9-21(12)11-16(5-6-16)10-20-14-13(15(22)17-2)4-3-7-19-14/h3-4,7-9H,5-6,10-11H2,1-2H3,(H,17,22)(H,19,20). The molecule has 2 heterocycles. The van der Waals surface area contributed by atoms with E-state index in [4.69, 9.17) is 0 Å². The minimum atomic E-state index is -0.120. The number of nitrogens with one attached hydrogen (secondary N) is 2. The number of imidazole rings is 1. The van der Waals surface area contributed by atoms with Crippen molar-refractivity contribution >= 4 is 11.7 Å². The lowest BCUT2D eigenvalue weighted by atomic mass is 10.1. The summed E-state index contributed by atoms with van der Waals surface area (Å²) in [4.78, 5) is 20.4. The lowest BCUT2D eigenvalue weighted by Crippen LogP contribution is -2.25. The molecule has 0 aromatic carbocycles. The van der Waals surface area contributed by atoms with Gasteiger partial charge in [-0.25, -0.2) is 9.97 Å². The van der Waals surface area contributed by atoms with Crippen molar-refractivity contribution in [3.63, 3.8) is 0 Å². The fourth-order valence-electron chi connectivity index (χ4n) is 2.64. The molecular formula is C16H21N5O. The van der Waals surface area contributed by atoms with Gasteiger partial charge in [-0.15, -0.1) is 0 Å². The molecule has 1 aliphatic rings. The van der Waals surface area contributed by atoms with E-state index in [0.29, 0.717) is 11.4 Å². The lowest BCUT2D eigenvalue weighted by Gasteiger charge is -2.19. The van der Waals surface area contributed by atoms with Crippen LogP contribution in [0.25, 0.3) is 0 Å². The molecule has 2 aromatic rings. The number of rotatable bonds is 6. The van der Waals surface area contributed by atoms with Gasteiger partial charge in [-0.1, -0.05) is 0 Å². The van der Waals surface area contributed by atoms with E-state index in [2.05, 4.69) is 25.2 Å². The summed E-state index contributed by atoms with van der Waals surface area (Å²) in [6, 6.07) is 3.56. The molecule has 1 amide bonds. The molecule has 1 aliphatic carbocycles. The molecule has 3 rings (SSSR count). The Kier molecular flexibility index (Phi) is 3.83. The summed E-state index contributed by atoms with van der Waals surface area (Å²) in [5.41, 5.74) is 0.822. The second-order valence-electron chi connectivity index (χ2n) is 5.93. The Morgan fingerprint density at radius 1 is 1.36 bits per heavy atom. The molecule has 0 unspecified atom stereocenters. The van der Waals surface area contributed by atoms with Crippen molar-refractivity contribution in [1.82, 2.24) is 19.9 Å². The third-order valence-electron chi connectivity index (χ3n) is 4.30. The van der Waals surface area contributed by atoms with Crippen molar-refractivity contribution in [2.75, 3.05) is 18.9 Å². The predicted octanol–water partition coefficient (Wildman–Crippen LogP) is 1.84. The van der Waals surface area contributed by atoms with Gasteiger partial charge in [0, 0.05) is 44.1 Å². The van der Waals surface area contributed by atoms with E-state index in [1.54, 1.807) is 25.4 Å². The molecule has 2 aromatic heterocycles. The predicted molar refractivity (Wildman–Crippen MR) is 84.7 cm³/mol. The normalized spacial score (nSPS) is 15.4. The number of aryl methyl sites for hydroxylation is 1. The Bertz CT molecular complexity index is 675. The maximum Gasteiger partial charge on any atom is 0.254 e. The van der Waals surface area contributed by atoms with Gasteiger partial charge in [-0.05, 0) is 31.9 Å². The van der Waals surface area contributed by atoms with Crippen LogP contribution in [0.3, 0.4) is 0 Å². The Morgan fingerprint density at radius 3 is 2.82 bits per heavy atom. The Labute approximate surface area is 130 Å². The van der Waals surface area contributed by atoms with E-state index >= 15 is 0 Å². The highest BCUT2D eigenvalue weighted by Gasteiger charge is 2.43. The molecule has 0 atom stereocenters. The molecule has 0 spiro atoms. The first-order chi connectivity index (χ1) is 10.6. The van der Waals surface area contributed by atoms with Crippen LogP contribution >= 0.6 is 0 Å². The maximum absolute atomic E-state index is 11.9. The molecule has 6 nitrogen and oxygen atoms in total. The average Bonchev–Trinajstić information content (AvgIpc) is 3.20. The van der Waals surface area contributed by atoms with Crippen LogP contribution in [-0.4, -0.2) is 34.0 Å². The fraction of sp³-hybridized carbons (Fsp3) is 0.438. The summed E-state index contributed by atoms with van der Waals surface area (Å²) in [6.07, 6.45) is 7.92. The van der Waals surface area contributed by atoms with E-state index < -0.39 is 0 Å². The van der Waals surface area contributed by atoms with Gasteiger partial charge in [0.25, 0.3) is 5.91 Å². The number of hydrogen-bond donors (Lipinski definition) is 2. The third-order valence-corrected chi connectivity index (χ3v) is 4.30. The second-order valence-corrected chi connectivity index (χ2v) is 5.93. The molecular weight excluding hydrogens is 278 g/mol. The van der Waals surface area contributed by atoms with Crippen LogP contribution in [0.2, 0.25) is 0 Å². The van der Waals surface area contributed by atoms with Crippen molar-refractivity contribution in [3.05, 3.63) is 42.1 Å². The number of amides is 1. The summed E-state index contributed by atoms with van der Waals surface area (Å²) in [5, 5.41) is 6.00. The molecule has 0 saturated heterocycles. The van der Waals surface area contributed by atoms with Crippen LogP contribution in [0.4, 0.5) is 5.82 Å². The van der Waals surface area contributed by atoms with Gasteiger partial charge in [-0.2, -0.15) is 0 Å². The number of aromatic nitrogens is 3. The summed E-state index contributed by atoms with van der Waals surface area (Å²) >= 11 is 0. The molecule has 0 aliphatic heterocycles. The number of pyridine rings is 1. The molecule has 2 N–H and O–H groups in total. The third kappa shape index (κ3) is 2.95. The molecule has 22 heavy (non-hydrogen) atoms. The largest absolute Gasteiger partial charge is 0.369 e. The van der Waals surface area contributed by atoms with Gasteiger partial charge in [0.15, 0.2) is 0 Å². The molecule has 1 fully saturated rings. The first-order valence-corrected chi connectivity index (χ1v) is 7.52. The van der Waals surface area contributed by atoms with Gasteiger partial charge >= 0.3 is 0 Å². The highest BCUT2D eigenvalue weighted by molar-refractivity contribution is 5.98. The van der Waals surface area contributed by atoms with Crippen LogP contribution in [0, 0.1) is 12.3 Å². The summed E-state index contributed by atoms with van der Waals surface area (Å²) in [7, 11) is 1.63. The van der Waals surface area contributed by atoms with Crippen LogP contribution in [0.5, 0.6) is 0 Å². The topological polar surface area (TPSA) is 71.8 Å². The van der Waals surface area contributed by atoms with Gasteiger partial charge < -0.3 is 15.2 Å². The van der Waals surface area contributed by atoms with Gasteiger partial charge in [0.1, 0.15) is 11.6 Å². The Morgan fingerprint density at radius 2 is 2.18 bits per heavy atom. The zero-order valence-corrected chi connectivity index (χ0v) is 13.0. The SMILES string of the molecule is CNC(=O)c1cccnc1NCC1(Cn2ccnc2C)CC1. The van der Waals surface area contributed by atoms with E-state index in [1.807, 2.05) is 19.3 Å². The minimum Gasteiger partial charge on any atom is -0.369 e. The molecule has 0 radical (unpaired) electrons. The maximum atomic E-state index is 11.9. The fourth-order valence-corrected chi connectivity index (χ4v) is 2.64. The van der Waals surface area contributed by atoms with E-state index in [0.717, 1.165) is 18.9 Å². The summed E-state index contributed by atoms with van der Waals surface area (Å²) < 4.78 is 2.19. The van der Waals surface area contributed by atoms with Crippen molar-refractivity contribution in [2.24, 2.45) is 5.41 Å². The molecule has 116 valence electrons. The molecule has 0 bridgehead atoms. The van der Waals surface area contributed by atoms with Gasteiger partial charge in [-0.3, -0.25) is 4.79 Å². The zero-order valence-electron chi connectivity index (χ0n) is 13.0. The Hall–Kier alpha value is -2.37. The highest BCUT2D eigenvalue weighted by Crippen LogP contribution is 2.47. The molecule has 1 saturated carbocycles. The van der Waals surface area contributed by atoms with Crippen LogP contribution in [-0.2, 0) is 6.54 Å². The van der Waals surface area contributed by atoms with Crippen LogP contribution < -0.4 is 10.6 Å². The smallest absolute Gasteiger partial charge is 0.254 e. The van der Waals surface area contributed by atoms with Gasteiger partial charge in [0.05, 0.1) is 5.56 Å². The van der Waals surface area contributed by atoms with E-state index in [1.165, 1.54) is 12.8 Å². The van der Waals surface area contributed by atoms with Crippen molar-refractivity contribution in [3.8, 4) is 0 Å². The van der Waals surface area contributed by atoms with Crippen molar-refractivity contribution < 1.29 is 4.79 Å². The minimum absolute atomic E-state index is 0.120. The highest BCUT2D eigenvalue weighted by atomic mass is 16.1. The van der Waals surface area contributed by atoms with Crippen molar-refractivity contribution in [2.45, 2.75) is 26.3 Å². The van der Waals surface area contributed by atoms with E-state index in [-0.39, 0.29) is 11.3 Å². The summed E-state index contributed by atoms with van der Waals surface area (Å²) in [5.74, 6) is 1.57. The van der Waals surface area contributed by atoms with Crippen LogP contribution in [0.1, 0.15) is 29.0 Å². The average molecular weight is 299 g/mol. The number of carbonyl (C=O) groups excluding carboxylic acids is 1. The van der Waals surface area contributed by atoms with Crippen LogP contribution in [0.15, 0.2) is 30.7 Å². The van der Waals surface area contributed by atoms with E-state index in [9.17, 15) is 4.79 Å². The van der Waals surface area contributed by atoms with Crippen molar-refractivity contribution in [1.29, 1.82) is 0 Å². The zero-order chi connectivity index (χ0) is 15.6. The summed E-state index contributed by atoms with van der Waals surface area (Å²) in [6.45, 7) is 3.78. The number of nitrogens with zero attached hydrogens (tertiary/aromatic N) is 3. The number of hydrogen-bond acceptors (Lipinski definition) is 4.